The van der Waals surface area contributed by atoms with Crippen LogP contribution < -0.4 is 5.32 Å². The molecule has 3 atom stereocenters. The summed E-state index contributed by atoms with van der Waals surface area (Å²) >= 11 is 0. The maximum atomic E-state index is 13.6. The number of para-hydroxylation sites is 2. The van der Waals surface area contributed by atoms with Gasteiger partial charge in [-0.1, -0.05) is 48.5 Å². The summed E-state index contributed by atoms with van der Waals surface area (Å²) in [5, 5.41) is 3.32. The van der Waals surface area contributed by atoms with E-state index in [0.717, 1.165) is 28.8 Å². The number of anilines is 1. The third-order valence-corrected chi connectivity index (χ3v) is 6.42. The first-order chi connectivity index (χ1) is 15.3. The minimum atomic E-state index is -0.00369. The van der Waals surface area contributed by atoms with Crippen LogP contribution >= 0.6 is 0 Å². The van der Waals surface area contributed by atoms with E-state index in [-0.39, 0.29) is 11.9 Å². The van der Waals surface area contributed by atoms with Crippen molar-refractivity contribution >= 4 is 23.0 Å². The Balaban J connectivity index is 1.24. The molecule has 0 spiro atoms. The van der Waals surface area contributed by atoms with Gasteiger partial charge >= 0.3 is 0 Å². The molecule has 2 aliphatic rings. The fourth-order valence-corrected chi connectivity index (χ4v) is 4.77. The molecule has 1 aliphatic heterocycles. The number of oxazole rings is 1. The lowest BCUT2D eigenvalue weighted by Crippen LogP contribution is -2.43. The maximum absolute atomic E-state index is 13.6. The van der Waals surface area contributed by atoms with Gasteiger partial charge in [-0.05, 0) is 42.0 Å². The highest BCUT2D eigenvalue weighted by molar-refractivity contribution is 5.99. The zero-order valence-corrected chi connectivity index (χ0v) is 16.9. The summed E-state index contributed by atoms with van der Waals surface area (Å²) in [6.45, 7) is 1.40. The van der Waals surface area contributed by atoms with Crippen LogP contribution in [0.25, 0.3) is 22.2 Å². The molecular weight excluding hydrogens is 388 g/mol. The van der Waals surface area contributed by atoms with Crippen molar-refractivity contribution in [3.63, 3.8) is 0 Å². The fourth-order valence-electron chi connectivity index (χ4n) is 4.77. The van der Waals surface area contributed by atoms with E-state index >= 15 is 0 Å². The molecule has 1 amide bonds. The van der Waals surface area contributed by atoms with Crippen LogP contribution in [-0.2, 0) is 0 Å². The molecule has 1 saturated heterocycles. The predicted octanol–water partition coefficient (Wildman–Crippen LogP) is 4.46. The first-order valence-electron chi connectivity index (χ1n) is 10.7. The van der Waals surface area contributed by atoms with Crippen LogP contribution in [0.1, 0.15) is 16.9 Å². The smallest absolute Gasteiger partial charge is 0.295 e. The highest BCUT2D eigenvalue weighted by Gasteiger charge is 2.54. The van der Waals surface area contributed by atoms with Gasteiger partial charge in [0.1, 0.15) is 11.2 Å². The maximum Gasteiger partial charge on any atom is 0.295 e. The Kier molecular flexibility index (Phi) is 4.23. The number of benzene rings is 2. The van der Waals surface area contributed by atoms with Gasteiger partial charge in [0.2, 0.25) is 0 Å². The summed E-state index contributed by atoms with van der Waals surface area (Å²) in [7, 11) is 0. The van der Waals surface area contributed by atoms with Crippen molar-refractivity contribution < 1.29 is 9.21 Å². The number of hydrogen-bond donors (Lipinski definition) is 1. The third kappa shape index (κ3) is 3.24. The molecule has 0 bridgehead atoms. The molecule has 1 N–H and O–H groups in total. The second kappa shape index (κ2) is 7.23. The minimum absolute atomic E-state index is 0.00369. The number of carbonyl (C=O) groups is 1. The van der Waals surface area contributed by atoms with Crippen molar-refractivity contribution in [2.75, 3.05) is 18.4 Å². The molecule has 2 aromatic carbocycles. The number of pyridine rings is 1. The summed E-state index contributed by atoms with van der Waals surface area (Å²) in [5.41, 5.74) is 3.98. The van der Waals surface area contributed by atoms with Crippen molar-refractivity contribution in [1.82, 2.24) is 14.9 Å². The zero-order valence-electron chi connectivity index (χ0n) is 16.9. The van der Waals surface area contributed by atoms with E-state index in [0.29, 0.717) is 30.1 Å². The Morgan fingerprint density at radius 3 is 2.77 bits per heavy atom. The van der Waals surface area contributed by atoms with Gasteiger partial charge in [-0.3, -0.25) is 9.78 Å². The van der Waals surface area contributed by atoms with E-state index < -0.39 is 0 Å². The number of carbonyl (C=O) groups excluding carboxylic acids is 1. The highest BCUT2D eigenvalue weighted by atomic mass is 16.4. The molecule has 1 saturated carbocycles. The van der Waals surface area contributed by atoms with Crippen LogP contribution in [-0.4, -0.2) is 39.9 Å². The van der Waals surface area contributed by atoms with Crippen molar-refractivity contribution in [3.8, 4) is 11.1 Å². The lowest BCUT2D eigenvalue weighted by molar-refractivity contribution is 0.0710. The first kappa shape index (κ1) is 18.1. The molecule has 6 nitrogen and oxygen atoms in total. The highest BCUT2D eigenvalue weighted by Crippen LogP contribution is 2.50. The van der Waals surface area contributed by atoms with Crippen LogP contribution in [0.5, 0.6) is 0 Å². The average molecular weight is 410 g/mol. The summed E-state index contributed by atoms with van der Waals surface area (Å²) in [6, 6.07) is 22.1. The Hall–Kier alpha value is -3.67. The van der Waals surface area contributed by atoms with Gasteiger partial charge in [0.25, 0.3) is 11.9 Å². The standard InChI is InChI=1S/C25H22N4O2/c30-24(23-18(9-6-12-26-23)16-7-2-1-3-8-16)29-15-17-13-19(17)21(29)14-27-25-28-20-10-4-5-11-22(20)31-25/h1-12,17,19,21H,13-15H2,(H,27,28)/t17-,19-,21-/m1/s1. The van der Waals surface area contributed by atoms with Gasteiger partial charge in [-0.2, -0.15) is 4.98 Å². The summed E-state index contributed by atoms with van der Waals surface area (Å²) < 4.78 is 5.80. The van der Waals surface area contributed by atoms with Crippen LogP contribution in [0.3, 0.4) is 0 Å². The average Bonchev–Trinajstić information content (AvgIpc) is 3.31. The Bertz CT molecular complexity index is 1220. The number of piperidine rings is 1. The van der Waals surface area contributed by atoms with Crippen molar-refractivity contribution in [3.05, 3.63) is 78.6 Å². The Morgan fingerprint density at radius 2 is 1.90 bits per heavy atom. The minimum Gasteiger partial charge on any atom is -0.424 e. The number of rotatable bonds is 5. The Morgan fingerprint density at radius 1 is 1.06 bits per heavy atom. The molecule has 4 aromatic rings. The summed E-state index contributed by atoms with van der Waals surface area (Å²) in [4.78, 5) is 24.5. The van der Waals surface area contributed by atoms with Crippen LogP contribution in [0, 0.1) is 11.8 Å². The zero-order chi connectivity index (χ0) is 20.8. The van der Waals surface area contributed by atoms with E-state index in [1.165, 1.54) is 6.42 Å². The molecule has 6 rings (SSSR count). The van der Waals surface area contributed by atoms with E-state index in [4.69, 9.17) is 4.42 Å². The monoisotopic (exact) mass is 410 g/mol. The molecule has 6 heteroatoms. The second-order valence-corrected chi connectivity index (χ2v) is 8.32. The molecule has 154 valence electrons. The SMILES string of the molecule is O=C(c1ncccc1-c1ccccc1)N1C[C@H]2C[C@H]2[C@H]1CNc1nc2ccccc2o1. The largest absolute Gasteiger partial charge is 0.424 e. The van der Waals surface area contributed by atoms with Gasteiger partial charge in [0.05, 0.1) is 6.04 Å². The molecule has 2 aromatic heterocycles. The van der Waals surface area contributed by atoms with Crippen molar-refractivity contribution in [2.24, 2.45) is 11.8 Å². The number of likely N-dealkylation sites (tertiary alicyclic amines) is 1. The van der Waals surface area contributed by atoms with Gasteiger partial charge in [0, 0.05) is 24.8 Å². The molecule has 31 heavy (non-hydrogen) atoms. The first-order valence-corrected chi connectivity index (χ1v) is 10.7. The quantitative estimate of drug-likeness (QED) is 0.526. The number of nitrogens with zero attached hydrogens (tertiary/aromatic N) is 3. The molecular formula is C25H22N4O2. The number of hydrogen-bond acceptors (Lipinski definition) is 5. The number of aromatic nitrogens is 2. The van der Waals surface area contributed by atoms with Gasteiger partial charge in [-0.25, -0.2) is 0 Å². The number of nitrogens with one attached hydrogen (secondary N) is 1. The summed E-state index contributed by atoms with van der Waals surface area (Å²) in [6.07, 6.45) is 2.87. The van der Waals surface area contributed by atoms with Crippen LogP contribution in [0.4, 0.5) is 6.01 Å². The number of amides is 1. The molecule has 2 fully saturated rings. The van der Waals surface area contributed by atoms with E-state index in [9.17, 15) is 4.79 Å². The second-order valence-electron chi connectivity index (χ2n) is 8.32. The lowest BCUT2D eigenvalue weighted by Gasteiger charge is -2.28. The van der Waals surface area contributed by atoms with Crippen molar-refractivity contribution in [1.29, 1.82) is 0 Å². The van der Waals surface area contributed by atoms with Crippen molar-refractivity contribution in [2.45, 2.75) is 12.5 Å². The van der Waals surface area contributed by atoms with Gasteiger partial charge < -0.3 is 14.6 Å². The molecule has 0 unspecified atom stereocenters. The molecule has 0 radical (unpaired) electrons. The predicted molar refractivity (Wildman–Crippen MR) is 119 cm³/mol. The van der Waals surface area contributed by atoms with Gasteiger partial charge in [0.15, 0.2) is 5.58 Å². The van der Waals surface area contributed by atoms with E-state index in [2.05, 4.69) is 15.3 Å². The van der Waals surface area contributed by atoms with E-state index in [1.54, 1.807) is 6.20 Å². The summed E-state index contributed by atoms with van der Waals surface area (Å²) in [5.74, 6) is 1.11. The topological polar surface area (TPSA) is 71.3 Å². The van der Waals surface area contributed by atoms with Crippen LogP contribution in [0.2, 0.25) is 0 Å². The number of fused-ring (bicyclic) bond motifs is 2. The van der Waals surface area contributed by atoms with Crippen LogP contribution in [0.15, 0.2) is 77.3 Å². The molecule has 1 aliphatic carbocycles. The van der Waals surface area contributed by atoms with E-state index in [1.807, 2.05) is 71.6 Å². The lowest BCUT2D eigenvalue weighted by atomic mass is 10.0. The fraction of sp³-hybridized carbons (Fsp3) is 0.240. The normalized spacial score (nSPS) is 21.8. The van der Waals surface area contributed by atoms with Gasteiger partial charge in [-0.15, -0.1) is 0 Å². The molecule has 3 heterocycles. The Labute approximate surface area is 179 Å². The third-order valence-electron chi connectivity index (χ3n) is 6.42.